The molecule has 1 aliphatic heterocycles. The highest BCUT2D eigenvalue weighted by molar-refractivity contribution is 7.90. The molecule has 3 amide bonds. The number of nitrogens with one attached hydrogen (secondary N) is 2. The van der Waals surface area contributed by atoms with E-state index in [2.05, 4.69) is 5.32 Å². The number of benzene rings is 1. The molecule has 2 bridgehead atoms. The first-order chi connectivity index (χ1) is 13.8. The minimum atomic E-state index is -4.26. The van der Waals surface area contributed by atoms with Crippen molar-refractivity contribution in [3.8, 4) is 0 Å². The van der Waals surface area contributed by atoms with Crippen LogP contribution >= 0.6 is 0 Å². The van der Waals surface area contributed by atoms with Crippen LogP contribution in [-0.4, -0.2) is 32.7 Å². The van der Waals surface area contributed by atoms with Gasteiger partial charge < -0.3 is 11.1 Å². The van der Waals surface area contributed by atoms with Crippen molar-refractivity contribution >= 4 is 27.7 Å². The number of carbonyl (C=O) groups is 3. The standard InChI is InChI=1S/C20H25N3O5S/c21-18(25)20-13-15(20)9-5-3-1-2-4-6-11-22-17(24)14-8-7-10-16(12-14)29(27,28)23-19(20)26/h5,7-10,12,15H,1-4,6,11,13H2,(H2,21,25)(H,22,24)(H,23,26)/b9-5+/t15-,20-/m1/s1. The fourth-order valence-corrected chi connectivity index (χ4v) is 4.64. The van der Waals surface area contributed by atoms with Gasteiger partial charge in [0.05, 0.1) is 4.90 Å². The maximum atomic E-state index is 12.7. The largest absolute Gasteiger partial charge is 0.369 e. The molecule has 1 saturated carbocycles. The first-order valence-corrected chi connectivity index (χ1v) is 11.2. The van der Waals surface area contributed by atoms with Crippen LogP contribution in [-0.2, 0) is 19.6 Å². The van der Waals surface area contributed by atoms with Crippen LogP contribution in [0, 0.1) is 11.3 Å². The lowest BCUT2D eigenvalue weighted by molar-refractivity contribution is -0.134. The third kappa shape index (κ3) is 4.50. The summed E-state index contributed by atoms with van der Waals surface area (Å²) in [5.74, 6) is -2.57. The topological polar surface area (TPSA) is 135 Å². The van der Waals surface area contributed by atoms with Gasteiger partial charge >= 0.3 is 0 Å². The molecule has 0 radical (unpaired) electrons. The van der Waals surface area contributed by atoms with Gasteiger partial charge in [0, 0.05) is 18.0 Å². The maximum absolute atomic E-state index is 12.7. The van der Waals surface area contributed by atoms with Crippen LogP contribution in [0.4, 0.5) is 0 Å². The molecule has 29 heavy (non-hydrogen) atoms. The predicted octanol–water partition coefficient (Wildman–Crippen LogP) is 1.23. The van der Waals surface area contributed by atoms with Crippen molar-refractivity contribution in [3.05, 3.63) is 42.0 Å². The highest BCUT2D eigenvalue weighted by Crippen LogP contribution is 2.53. The molecule has 9 heteroatoms. The van der Waals surface area contributed by atoms with Crippen LogP contribution in [0.1, 0.15) is 48.9 Å². The fraction of sp³-hybridized carbons (Fsp3) is 0.450. The Hall–Kier alpha value is -2.68. The predicted molar refractivity (Wildman–Crippen MR) is 106 cm³/mol. The Labute approximate surface area is 170 Å². The Bertz CT molecular complexity index is 957. The molecule has 156 valence electrons. The van der Waals surface area contributed by atoms with Crippen LogP contribution < -0.4 is 15.8 Å². The van der Waals surface area contributed by atoms with E-state index in [9.17, 15) is 22.8 Å². The van der Waals surface area contributed by atoms with Crippen LogP contribution in [0.25, 0.3) is 0 Å². The van der Waals surface area contributed by atoms with Gasteiger partial charge in [0.2, 0.25) is 11.8 Å². The van der Waals surface area contributed by atoms with Crippen molar-refractivity contribution in [2.75, 3.05) is 6.54 Å². The Morgan fingerprint density at radius 1 is 1.14 bits per heavy atom. The van der Waals surface area contributed by atoms with Crippen LogP contribution in [0.15, 0.2) is 41.3 Å². The summed E-state index contributed by atoms with van der Waals surface area (Å²) < 4.78 is 27.3. The SMILES string of the molecule is NC(=O)[C@@]12C[C@H]1/C=C/CCCCCCNC(=O)c1cccc(c1)S(=O)(=O)NC2=O. The normalized spacial score (nSPS) is 28.6. The van der Waals surface area contributed by atoms with Crippen LogP contribution in [0.5, 0.6) is 0 Å². The lowest BCUT2D eigenvalue weighted by Gasteiger charge is -2.14. The third-order valence-electron chi connectivity index (χ3n) is 5.44. The summed E-state index contributed by atoms with van der Waals surface area (Å²) in [6.45, 7) is 0.506. The van der Waals surface area contributed by atoms with E-state index in [1.54, 1.807) is 6.08 Å². The van der Waals surface area contributed by atoms with E-state index < -0.39 is 33.2 Å². The van der Waals surface area contributed by atoms with E-state index in [-0.39, 0.29) is 22.8 Å². The van der Waals surface area contributed by atoms with Crippen molar-refractivity contribution in [1.29, 1.82) is 0 Å². The van der Waals surface area contributed by atoms with Gasteiger partial charge in [-0.25, -0.2) is 13.1 Å². The molecule has 1 aliphatic carbocycles. The van der Waals surface area contributed by atoms with Gasteiger partial charge in [-0.05, 0) is 43.9 Å². The Balaban J connectivity index is 1.90. The van der Waals surface area contributed by atoms with E-state index in [1.165, 1.54) is 24.3 Å². The molecule has 2 atom stereocenters. The zero-order valence-corrected chi connectivity index (χ0v) is 16.8. The summed E-state index contributed by atoms with van der Waals surface area (Å²) in [4.78, 5) is 36.7. The molecule has 0 spiro atoms. The lowest BCUT2D eigenvalue weighted by atomic mass is 10.0. The van der Waals surface area contributed by atoms with Crippen LogP contribution in [0.3, 0.4) is 0 Å². The van der Waals surface area contributed by atoms with Gasteiger partial charge in [-0.3, -0.25) is 14.4 Å². The summed E-state index contributed by atoms with van der Waals surface area (Å²) >= 11 is 0. The van der Waals surface area contributed by atoms with Gasteiger partial charge in [-0.2, -0.15) is 0 Å². The smallest absolute Gasteiger partial charge is 0.264 e. The maximum Gasteiger partial charge on any atom is 0.264 e. The summed E-state index contributed by atoms with van der Waals surface area (Å²) in [5.41, 5.74) is 4.07. The molecule has 8 nitrogen and oxygen atoms in total. The van der Waals surface area contributed by atoms with Crippen molar-refractivity contribution < 1.29 is 22.8 Å². The number of primary amides is 1. The van der Waals surface area contributed by atoms with Crippen molar-refractivity contribution in [2.45, 2.75) is 43.4 Å². The van der Waals surface area contributed by atoms with E-state index in [0.29, 0.717) is 6.54 Å². The minimum Gasteiger partial charge on any atom is -0.369 e. The summed E-state index contributed by atoms with van der Waals surface area (Å²) in [6, 6.07) is 5.42. The molecule has 2 aliphatic rings. The van der Waals surface area contributed by atoms with Gasteiger partial charge in [0.1, 0.15) is 5.41 Å². The quantitative estimate of drug-likeness (QED) is 0.465. The molecular formula is C20H25N3O5S. The molecular weight excluding hydrogens is 394 g/mol. The highest BCUT2D eigenvalue weighted by atomic mass is 32.2. The molecule has 3 rings (SSSR count). The first kappa shape index (κ1) is 21.0. The summed E-state index contributed by atoms with van der Waals surface area (Å²) in [5, 5.41) is 2.77. The van der Waals surface area contributed by atoms with E-state index in [1.807, 2.05) is 10.8 Å². The van der Waals surface area contributed by atoms with Crippen molar-refractivity contribution in [2.24, 2.45) is 17.1 Å². The van der Waals surface area contributed by atoms with Gasteiger partial charge in [0.25, 0.3) is 15.9 Å². The van der Waals surface area contributed by atoms with Crippen LogP contribution in [0.2, 0.25) is 0 Å². The molecule has 0 aromatic heterocycles. The average Bonchev–Trinajstić information content (AvgIpc) is 3.41. The number of rotatable bonds is 1. The fourth-order valence-electron chi connectivity index (χ4n) is 3.56. The Morgan fingerprint density at radius 3 is 2.66 bits per heavy atom. The molecule has 0 saturated heterocycles. The number of hydrogen-bond donors (Lipinski definition) is 3. The molecule has 1 aromatic rings. The van der Waals surface area contributed by atoms with E-state index >= 15 is 0 Å². The number of sulfonamides is 1. The number of nitrogens with two attached hydrogens (primary N) is 1. The number of fused-ring (bicyclic) bond motifs is 3. The molecule has 1 heterocycles. The van der Waals surface area contributed by atoms with Gasteiger partial charge in [0.15, 0.2) is 0 Å². The van der Waals surface area contributed by atoms with E-state index in [4.69, 9.17) is 5.73 Å². The zero-order valence-electron chi connectivity index (χ0n) is 16.0. The summed E-state index contributed by atoms with van der Waals surface area (Å²) in [6.07, 6.45) is 8.40. The number of amides is 3. The lowest BCUT2D eigenvalue weighted by Crippen LogP contribution is -2.44. The zero-order chi connectivity index (χ0) is 21.1. The van der Waals surface area contributed by atoms with Gasteiger partial charge in [-0.15, -0.1) is 0 Å². The van der Waals surface area contributed by atoms with Crippen molar-refractivity contribution in [1.82, 2.24) is 10.0 Å². The average molecular weight is 420 g/mol. The number of allylic oxidation sites excluding steroid dienone is 2. The molecule has 0 unspecified atom stereocenters. The number of hydrogen-bond acceptors (Lipinski definition) is 5. The molecule has 1 fully saturated rings. The second-order valence-electron chi connectivity index (χ2n) is 7.50. The minimum absolute atomic E-state index is 0.179. The van der Waals surface area contributed by atoms with E-state index in [0.717, 1.165) is 32.1 Å². The Kier molecular flexibility index (Phi) is 6.07. The second-order valence-corrected chi connectivity index (χ2v) is 9.18. The highest BCUT2D eigenvalue weighted by Gasteiger charge is 2.64. The monoisotopic (exact) mass is 419 g/mol. The molecule has 1 aromatic carbocycles. The van der Waals surface area contributed by atoms with Crippen molar-refractivity contribution in [3.63, 3.8) is 0 Å². The first-order valence-electron chi connectivity index (χ1n) is 9.69. The summed E-state index contributed by atoms with van der Waals surface area (Å²) in [7, 11) is -4.26. The number of carbonyl (C=O) groups excluding carboxylic acids is 3. The molecule has 4 N–H and O–H groups in total. The van der Waals surface area contributed by atoms with Gasteiger partial charge in [-0.1, -0.05) is 31.1 Å². The second kappa shape index (κ2) is 8.36. The Morgan fingerprint density at radius 2 is 1.90 bits per heavy atom. The third-order valence-corrected chi connectivity index (χ3v) is 6.77.